The van der Waals surface area contributed by atoms with Gasteiger partial charge >= 0.3 is 11.9 Å². The number of hydrogen-bond acceptors (Lipinski definition) is 5. The van der Waals surface area contributed by atoms with Gasteiger partial charge in [0.2, 0.25) is 0 Å². The van der Waals surface area contributed by atoms with E-state index in [1.807, 2.05) is 0 Å². The molecular formula is C13H22NO5. The second-order valence-corrected chi connectivity index (χ2v) is 4.90. The molecule has 109 valence electrons. The van der Waals surface area contributed by atoms with Crippen LogP contribution in [0, 0.1) is 0 Å². The number of hydroxylamine groups is 2. The van der Waals surface area contributed by atoms with E-state index in [0.29, 0.717) is 37.2 Å². The number of ether oxygens (including phenoxy) is 2. The Labute approximate surface area is 113 Å². The van der Waals surface area contributed by atoms with Crippen molar-refractivity contribution in [2.24, 2.45) is 0 Å². The Morgan fingerprint density at radius 1 is 1.00 bits per heavy atom. The van der Waals surface area contributed by atoms with Crippen LogP contribution in [0.25, 0.3) is 0 Å². The van der Waals surface area contributed by atoms with Crippen molar-refractivity contribution in [3.8, 4) is 0 Å². The highest BCUT2D eigenvalue weighted by atomic mass is 16.6. The fraction of sp³-hybridized carbons (Fsp3) is 0.846. The maximum Gasteiger partial charge on any atom is 0.328 e. The Bertz CT molecular complexity index is 327. The highest BCUT2D eigenvalue weighted by molar-refractivity contribution is 5.85. The van der Waals surface area contributed by atoms with Crippen LogP contribution in [0.1, 0.15) is 46.0 Å². The van der Waals surface area contributed by atoms with E-state index in [1.165, 1.54) is 14.2 Å². The molecule has 0 amide bonds. The number of carbonyl (C=O) groups excluding carboxylic acids is 2. The molecule has 1 radical (unpaired) electrons. The first-order valence-corrected chi connectivity index (χ1v) is 6.59. The molecule has 0 aromatic rings. The lowest BCUT2D eigenvalue weighted by Crippen LogP contribution is -2.67. The highest BCUT2D eigenvalue weighted by Gasteiger charge is 2.59. The van der Waals surface area contributed by atoms with E-state index in [2.05, 4.69) is 0 Å². The fourth-order valence-electron chi connectivity index (χ4n) is 2.97. The van der Waals surface area contributed by atoms with Crippen molar-refractivity contribution in [2.45, 2.75) is 57.0 Å². The van der Waals surface area contributed by atoms with Crippen molar-refractivity contribution in [2.75, 3.05) is 14.2 Å². The number of piperidine rings is 1. The van der Waals surface area contributed by atoms with Crippen molar-refractivity contribution >= 4 is 11.9 Å². The average Bonchev–Trinajstić information content (AvgIpc) is 2.46. The highest BCUT2D eigenvalue weighted by Crippen LogP contribution is 2.42. The van der Waals surface area contributed by atoms with Gasteiger partial charge in [0, 0.05) is 0 Å². The van der Waals surface area contributed by atoms with Gasteiger partial charge in [0.25, 0.3) is 0 Å². The van der Waals surface area contributed by atoms with Crippen LogP contribution in [0.15, 0.2) is 0 Å². The van der Waals surface area contributed by atoms with Crippen LogP contribution in [0.2, 0.25) is 0 Å². The quantitative estimate of drug-likeness (QED) is 0.724. The third-order valence-corrected chi connectivity index (χ3v) is 4.26. The molecule has 1 fully saturated rings. The van der Waals surface area contributed by atoms with Crippen molar-refractivity contribution in [1.82, 2.24) is 5.06 Å². The third kappa shape index (κ3) is 2.23. The molecule has 0 spiro atoms. The molecule has 2 atom stereocenters. The molecule has 0 aromatic heterocycles. The largest absolute Gasteiger partial charge is 0.468 e. The summed E-state index contributed by atoms with van der Waals surface area (Å²) in [6.45, 7) is 3.51. The summed E-state index contributed by atoms with van der Waals surface area (Å²) < 4.78 is 9.55. The first-order valence-electron chi connectivity index (χ1n) is 6.59. The Balaban J connectivity index is 3.25. The van der Waals surface area contributed by atoms with Gasteiger partial charge in [0.15, 0.2) is 0 Å². The lowest BCUT2D eigenvalue weighted by Gasteiger charge is -2.48. The minimum Gasteiger partial charge on any atom is -0.468 e. The molecule has 19 heavy (non-hydrogen) atoms. The van der Waals surface area contributed by atoms with Crippen LogP contribution in [0.4, 0.5) is 0 Å². The zero-order valence-electron chi connectivity index (χ0n) is 12.0. The first kappa shape index (κ1) is 15.9. The molecule has 0 saturated carbocycles. The molecule has 1 rings (SSSR count). The zero-order valence-corrected chi connectivity index (χ0v) is 12.0. The summed E-state index contributed by atoms with van der Waals surface area (Å²) in [6.07, 6.45) is 2.03. The van der Waals surface area contributed by atoms with Crippen molar-refractivity contribution in [3.05, 3.63) is 0 Å². The van der Waals surface area contributed by atoms with E-state index in [-0.39, 0.29) is 0 Å². The number of rotatable bonds is 4. The van der Waals surface area contributed by atoms with Gasteiger partial charge in [-0.05, 0) is 32.1 Å². The summed E-state index contributed by atoms with van der Waals surface area (Å²) >= 11 is 0. The van der Waals surface area contributed by atoms with Gasteiger partial charge < -0.3 is 9.47 Å². The van der Waals surface area contributed by atoms with Gasteiger partial charge in [-0.15, -0.1) is 10.3 Å². The van der Waals surface area contributed by atoms with E-state index in [9.17, 15) is 14.8 Å². The normalized spacial score (nSPS) is 31.8. The van der Waals surface area contributed by atoms with Crippen LogP contribution in [0.3, 0.4) is 0 Å². The molecular weight excluding hydrogens is 250 g/mol. The van der Waals surface area contributed by atoms with E-state index >= 15 is 0 Å². The summed E-state index contributed by atoms with van der Waals surface area (Å²) in [7, 11) is 2.52. The fourth-order valence-corrected chi connectivity index (χ4v) is 2.97. The van der Waals surface area contributed by atoms with E-state index < -0.39 is 23.0 Å². The molecule has 1 heterocycles. The SMILES string of the molecule is CCC1(C(=O)OC)CCC[C@@](CC)(C(=O)OC)N1[O]. The van der Waals surface area contributed by atoms with E-state index in [0.717, 1.165) is 0 Å². The molecule has 6 heteroatoms. The number of nitrogens with zero attached hydrogens (tertiary/aromatic N) is 1. The maximum atomic E-state index is 12.7. The van der Waals surface area contributed by atoms with Crippen LogP contribution in [0.5, 0.6) is 0 Å². The molecule has 1 saturated heterocycles. The number of carbonyl (C=O) groups is 2. The molecule has 6 nitrogen and oxygen atoms in total. The number of methoxy groups -OCH3 is 2. The topological polar surface area (TPSA) is 75.7 Å². The van der Waals surface area contributed by atoms with Crippen molar-refractivity contribution in [3.63, 3.8) is 0 Å². The summed E-state index contributed by atoms with van der Waals surface area (Å²) in [6, 6.07) is 0. The second-order valence-electron chi connectivity index (χ2n) is 4.90. The van der Waals surface area contributed by atoms with Gasteiger partial charge in [0.1, 0.15) is 11.1 Å². The molecule has 0 aliphatic carbocycles. The zero-order chi connectivity index (χ0) is 14.7. The van der Waals surface area contributed by atoms with Gasteiger partial charge in [-0.2, -0.15) is 0 Å². The maximum absolute atomic E-state index is 12.7. The predicted octanol–water partition coefficient (Wildman–Crippen LogP) is 1.46. The molecule has 0 aromatic carbocycles. The van der Waals surface area contributed by atoms with E-state index in [1.54, 1.807) is 13.8 Å². The Morgan fingerprint density at radius 3 is 1.63 bits per heavy atom. The Kier molecular flexibility index (Phi) is 4.92. The average molecular weight is 272 g/mol. The van der Waals surface area contributed by atoms with Crippen LogP contribution in [-0.2, 0) is 24.3 Å². The minimum absolute atomic E-state index is 0.307. The van der Waals surface area contributed by atoms with Gasteiger partial charge in [0.05, 0.1) is 14.2 Å². The smallest absolute Gasteiger partial charge is 0.328 e. The monoisotopic (exact) mass is 272 g/mol. The standard InChI is InChI=1S/C13H22NO5/c1-5-12(10(15)18-3)8-7-9-13(6-2,14(12)17)11(16)19-4/h5-9H2,1-4H3/t12-,13?/m0/s1. The molecule has 1 aliphatic rings. The van der Waals surface area contributed by atoms with E-state index in [4.69, 9.17) is 9.47 Å². The van der Waals surface area contributed by atoms with Gasteiger partial charge in [-0.1, -0.05) is 13.8 Å². The van der Waals surface area contributed by atoms with Crippen LogP contribution in [-0.4, -0.2) is 42.3 Å². The number of esters is 2. The summed E-state index contributed by atoms with van der Waals surface area (Å²) in [4.78, 5) is 24.1. The summed E-state index contributed by atoms with van der Waals surface area (Å²) in [5.74, 6) is -1.15. The minimum atomic E-state index is -1.28. The van der Waals surface area contributed by atoms with Crippen LogP contribution >= 0.6 is 0 Å². The first-order chi connectivity index (χ1) is 8.95. The second kappa shape index (κ2) is 5.88. The van der Waals surface area contributed by atoms with Gasteiger partial charge in [-0.3, -0.25) is 0 Å². The van der Waals surface area contributed by atoms with Crippen molar-refractivity contribution < 1.29 is 24.3 Å². The Morgan fingerprint density at radius 2 is 1.37 bits per heavy atom. The molecule has 0 bridgehead atoms. The molecule has 1 unspecified atom stereocenters. The van der Waals surface area contributed by atoms with Gasteiger partial charge in [-0.25, -0.2) is 9.59 Å². The van der Waals surface area contributed by atoms with Crippen LogP contribution < -0.4 is 0 Å². The molecule has 0 N–H and O–H groups in total. The number of hydrogen-bond donors (Lipinski definition) is 0. The van der Waals surface area contributed by atoms with Crippen molar-refractivity contribution in [1.29, 1.82) is 0 Å². The molecule has 1 aliphatic heterocycles. The lowest BCUT2D eigenvalue weighted by atomic mass is 9.75. The third-order valence-electron chi connectivity index (χ3n) is 4.26. The Hall–Kier alpha value is -1.14. The predicted molar refractivity (Wildman–Crippen MR) is 66.5 cm³/mol. The lowest BCUT2D eigenvalue weighted by molar-refractivity contribution is -0.299. The summed E-state index contributed by atoms with van der Waals surface area (Å²) in [5.41, 5.74) is -2.56. The summed E-state index contributed by atoms with van der Waals surface area (Å²) in [5, 5.41) is 13.4.